The Hall–Kier alpha value is -6.81. The summed E-state index contributed by atoms with van der Waals surface area (Å²) in [5.41, 5.74) is 12.8. The molecule has 0 aliphatic heterocycles. The third kappa shape index (κ3) is 9.20. The molecule has 10 rings (SSSR count). The van der Waals surface area contributed by atoms with Crippen molar-refractivity contribution in [3.05, 3.63) is 234 Å². The van der Waals surface area contributed by atoms with Gasteiger partial charge in [0.15, 0.2) is 0 Å². The van der Waals surface area contributed by atoms with Crippen molar-refractivity contribution in [3.63, 3.8) is 0 Å². The molecule has 0 N–H and O–H groups in total. The second-order valence-corrected chi connectivity index (χ2v) is 21.5. The van der Waals surface area contributed by atoms with Gasteiger partial charge in [-0.05, 0) is 91.2 Å². The number of aromatic nitrogens is 4. The fraction of sp³-hybridized carbons (Fsp3) is 0.219. The van der Waals surface area contributed by atoms with E-state index in [0.29, 0.717) is 11.5 Å². The molecule has 0 aliphatic carbocycles. The van der Waals surface area contributed by atoms with Crippen LogP contribution in [0.4, 0.5) is 0 Å². The topological polar surface area (TPSA) is 35.9 Å². The van der Waals surface area contributed by atoms with Crippen LogP contribution in [0.3, 0.4) is 0 Å². The van der Waals surface area contributed by atoms with Gasteiger partial charge in [-0.3, -0.25) is 4.57 Å². The quantitative estimate of drug-likeness (QED) is 0.101. The van der Waals surface area contributed by atoms with Crippen LogP contribution in [0.15, 0.2) is 182 Å². The minimum Gasteiger partial charge on any atom is -0.510 e. The van der Waals surface area contributed by atoms with Crippen LogP contribution in [-0.2, 0) is 42.7 Å². The normalized spacial score (nSPS) is 12.3. The Bertz CT molecular complexity index is 3480. The minimum absolute atomic E-state index is 0. The summed E-state index contributed by atoms with van der Waals surface area (Å²) in [6.45, 7) is 22.8. The third-order valence-corrected chi connectivity index (χ3v) is 14.0. The summed E-state index contributed by atoms with van der Waals surface area (Å²) in [5, 5.41) is 2.22. The number of rotatable bonds is 10. The zero-order valence-corrected chi connectivity index (χ0v) is 44.1. The zero-order valence-electron chi connectivity index (χ0n) is 41.8. The summed E-state index contributed by atoms with van der Waals surface area (Å²) in [7, 11) is 0. The molecule has 7 aromatic carbocycles. The molecule has 0 radical (unpaired) electrons. The Morgan fingerprint density at radius 3 is 1.77 bits per heavy atom. The predicted octanol–water partition coefficient (Wildman–Crippen LogP) is 15.4. The van der Waals surface area contributed by atoms with Gasteiger partial charge in [0.25, 0.3) is 6.33 Å². The molecule has 3 aromatic heterocycles. The number of imidazole rings is 1. The second-order valence-electron chi connectivity index (χ2n) is 21.5. The molecule has 10 aromatic rings. The zero-order chi connectivity index (χ0) is 48.3. The fourth-order valence-corrected chi connectivity index (χ4v) is 9.45. The van der Waals surface area contributed by atoms with Crippen LogP contribution in [0.2, 0.25) is 0 Å². The average molecular weight is 1100 g/mol. The third-order valence-electron chi connectivity index (χ3n) is 14.0. The maximum atomic E-state index is 6.73. The van der Waals surface area contributed by atoms with Gasteiger partial charge in [0.1, 0.15) is 5.82 Å². The Kier molecular flexibility index (Phi) is 12.7. The molecule has 0 spiro atoms. The molecule has 0 saturated heterocycles. The standard InChI is InChI=1S/C64H60N4O.Pt/c1-61(2,3)47-33-34-65-60(39-47)68-57-32-29-48(63(7,8)45-23-16-12-17-24-45)38-56(57)55-31-30-54(41-58(55)68)69-53-28-20-27-51(40-53)66-42-59(44-21-14-11-15-22-44)67(43-66)52-36-49(62(4,5)6)35-50(37-52)64(9,10)46-25-18-13-19-26-46;/h11-39,42H,1-10H3;/q-2;. The van der Waals surface area contributed by atoms with Gasteiger partial charge in [0, 0.05) is 61.3 Å². The molecule has 0 atom stereocenters. The van der Waals surface area contributed by atoms with Gasteiger partial charge in [-0.2, -0.15) is 18.2 Å². The molecular formula is C64H60N4OPt-2. The Labute approximate surface area is 428 Å². The minimum atomic E-state index is -0.240. The maximum Gasteiger partial charge on any atom is 0.267 e. The molecule has 0 aliphatic rings. The van der Waals surface area contributed by atoms with Gasteiger partial charge in [-0.25, -0.2) is 4.98 Å². The van der Waals surface area contributed by atoms with Crippen molar-refractivity contribution >= 4 is 21.8 Å². The van der Waals surface area contributed by atoms with Gasteiger partial charge in [0.2, 0.25) is 0 Å². The van der Waals surface area contributed by atoms with Crippen molar-refractivity contribution in [2.45, 2.75) is 90.9 Å². The summed E-state index contributed by atoms with van der Waals surface area (Å²) in [6.07, 6.45) is 7.79. The van der Waals surface area contributed by atoms with E-state index >= 15 is 0 Å². The first-order valence-corrected chi connectivity index (χ1v) is 24.0. The van der Waals surface area contributed by atoms with Crippen molar-refractivity contribution in [1.82, 2.24) is 14.1 Å². The van der Waals surface area contributed by atoms with Crippen molar-refractivity contribution in [1.29, 1.82) is 0 Å². The average Bonchev–Trinajstić information content (AvgIpc) is 3.94. The van der Waals surface area contributed by atoms with E-state index in [1.165, 1.54) is 33.4 Å². The number of hydrogen-bond acceptors (Lipinski definition) is 2. The van der Waals surface area contributed by atoms with Crippen molar-refractivity contribution in [2.75, 3.05) is 0 Å². The number of benzene rings is 7. The number of ether oxygens (including phenoxy) is 1. The molecule has 5 nitrogen and oxygen atoms in total. The Morgan fingerprint density at radius 1 is 0.500 bits per heavy atom. The first-order chi connectivity index (χ1) is 32.9. The molecule has 0 unspecified atom stereocenters. The molecule has 354 valence electrons. The van der Waals surface area contributed by atoms with Crippen LogP contribution in [0.5, 0.6) is 11.5 Å². The number of fused-ring (bicyclic) bond motifs is 3. The fourth-order valence-electron chi connectivity index (χ4n) is 9.45. The van der Waals surface area contributed by atoms with E-state index in [2.05, 4.69) is 249 Å². The largest absolute Gasteiger partial charge is 0.510 e. The molecular weight excluding hydrogens is 1040 g/mol. The van der Waals surface area contributed by atoms with Gasteiger partial charge < -0.3 is 13.9 Å². The van der Waals surface area contributed by atoms with E-state index in [-0.39, 0.29) is 42.7 Å². The molecule has 0 bridgehead atoms. The number of pyridine rings is 1. The summed E-state index contributed by atoms with van der Waals surface area (Å²) in [6, 6.07) is 67.7. The molecule has 6 heteroatoms. The maximum absolute atomic E-state index is 6.73. The van der Waals surface area contributed by atoms with Gasteiger partial charge in [-0.1, -0.05) is 184 Å². The second kappa shape index (κ2) is 18.5. The van der Waals surface area contributed by atoms with Crippen LogP contribution in [0.25, 0.3) is 50.3 Å². The molecule has 3 heterocycles. The first-order valence-electron chi connectivity index (χ1n) is 24.0. The van der Waals surface area contributed by atoms with E-state index in [9.17, 15) is 0 Å². The number of nitrogens with zero attached hydrogens (tertiary/aromatic N) is 4. The molecule has 0 saturated carbocycles. The van der Waals surface area contributed by atoms with Crippen LogP contribution in [0, 0.1) is 18.5 Å². The van der Waals surface area contributed by atoms with E-state index in [0.717, 1.165) is 50.3 Å². The van der Waals surface area contributed by atoms with E-state index in [1.54, 1.807) is 0 Å². The monoisotopic (exact) mass is 1100 g/mol. The van der Waals surface area contributed by atoms with Crippen LogP contribution in [-0.4, -0.2) is 14.1 Å². The molecule has 0 fully saturated rings. The van der Waals surface area contributed by atoms with Crippen LogP contribution < -0.4 is 9.30 Å². The van der Waals surface area contributed by atoms with Gasteiger partial charge in [0.05, 0.1) is 11.4 Å². The van der Waals surface area contributed by atoms with Crippen LogP contribution in [0.1, 0.15) is 103 Å². The molecule has 0 amide bonds. The van der Waals surface area contributed by atoms with Crippen molar-refractivity contribution < 1.29 is 30.4 Å². The van der Waals surface area contributed by atoms with Gasteiger partial charge in [-0.15, -0.1) is 29.7 Å². The Balaban J connectivity index is 0.00000608. The molecule has 70 heavy (non-hydrogen) atoms. The predicted molar refractivity (Wildman–Crippen MR) is 282 cm³/mol. The number of hydrogen-bond donors (Lipinski definition) is 0. The van der Waals surface area contributed by atoms with E-state index in [4.69, 9.17) is 9.72 Å². The van der Waals surface area contributed by atoms with E-state index < -0.39 is 0 Å². The van der Waals surface area contributed by atoms with Crippen molar-refractivity contribution in [2.24, 2.45) is 0 Å². The van der Waals surface area contributed by atoms with Gasteiger partial charge >= 0.3 is 0 Å². The summed E-state index contributed by atoms with van der Waals surface area (Å²) >= 11 is 0. The summed E-state index contributed by atoms with van der Waals surface area (Å²) < 4.78 is 13.2. The van der Waals surface area contributed by atoms with Crippen molar-refractivity contribution in [3.8, 4) is 39.9 Å². The first kappa shape index (κ1) is 48.2. The SMILES string of the molecule is CC(C)(C)c1cc(-[n+]2[c-]n(-c3[c-]c(Oc4[c-]c5c(cc4)c4cc(C(C)(C)c6ccccc6)ccc4n5-c4cc(C(C)(C)C)ccn4)ccc3)cc2-c2ccccc2)cc(C(C)(C)c2ccccc2)c1.[Pt]. The van der Waals surface area contributed by atoms with Crippen LogP contribution >= 0.6 is 0 Å². The van der Waals surface area contributed by atoms with E-state index in [1.807, 2.05) is 35.0 Å². The smallest absolute Gasteiger partial charge is 0.267 e. The summed E-state index contributed by atoms with van der Waals surface area (Å²) in [4.78, 5) is 4.96. The summed E-state index contributed by atoms with van der Waals surface area (Å²) in [5.74, 6) is 2.00. The Morgan fingerprint density at radius 2 is 1.11 bits per heavy atom.